The molecule has 13 nitrogen and oxygen atoms in total. The molecule has 288 valence electrons. The van der Waals surface area contributed by atoms with Crippen LogP contribution in [0.4, 0.5) is 17.4 Å². The molecule has 1 aromatic heterocycles. The Morgan fingerprint density at radius 3 is 2.40 bits per heavy atom. The van der Waals surface area contributed by atoms with Gasteiger partial charge in [0.2, 0.25) is 23.5 Å². The zero-order valence-corrected chi connectivity index (χ0v) is 31.7. The molecule has 14 heteroatoms. The number of fused-ring (bicyclic) bond motifs is 2. The van der Waals surface area contributed by atoms with Crippen molar-refractivity contribution < 1.29 is 28.4 Å². The van der Waals surface area contributed by atoms with Crippen LogP contribution in [0.2, 0.25) is 5.02 Å². The minimum absolute atomic E-state index is 0.0345. The molecule has 3 atom stereocenters. The summed E-state index contributed by atoms with van der Waals surface area (Å²) in [5.74, 6) is -2.84. The monoisotopic (exact) mass is 767 g/mol. The molecule has 0 saturated carbocycles. The number of allylic oxidation sites excluding steroid dienone is 1. The van der Waals surface area contributed by atoms with Gasteiger partial charge in [-0.15, -0.1) is 0 Å². The van der Waals surface area contributed by atoms with Gasteiger partial charge in [0, 0.05) is 37.6 Å². The molecule has 4 aromatic rings. The zero-order valence-electron chi connectivity index (χ0n) is 30.9. The molecule has 2 aliphatic heterocycles. The van der Waals surface area contributed by atoms with E-state index in [0.717, 1.165) is 12.0 Å². The highest BCUT2D eigenvalue weighted by molar-refractivity contribution is 6.43. The number of hydrogen-bond acceptors (Lipinski definition) is 9. The molecule has 55 heavy (non-hydrogen) atoms. The maximum absolute atomic E-state index is 14.4. The second kappa shape index (κ2) is 18.2. The van der Waals surface area contributed by atoms with E-state index in [4.69, 9.17) is 16.0 Å². The first kappa shape index (κ1) is 39.2. The molecule has 6 rings (SSSR count). The first-order valence-corrected chi connectivity index (χ1v) is 19.0. The Kier molecular flexibility index (Phi) is 13.0. The number of ketones is 1. The van der Waals surface area contributed by atoms with Crippen LogP contribution in [-0.2, 0) is 30.5 Å². The fourth-order valence-electron chi connectivity index (χ4n) is 6.71. The summed E-state index contributed by atoms with van der Waals surface area (Å²) >= 11 is 6.16. The lowest BCUT2D eigenvalue weighted by molar-refractivity contribution is -0.141. The van der Waals surface area contributed by atoms with Crippen molar-refractivity contribution in [2.75, 3.05) is 35.6 Å². The molecule has 1 saturated heterocycles. The van der Waals surface area contributed by atoms with E-state index in [-0.39, 0.29) is 42.4 Å². The number of hydrogen-bond donors (Lipinski definition) is 4. The van der Waals surface area contributed by atoms with Crippen molar-refractivity contribution in [3.05, 3.63) is 95.5 Å². The van der Waals surface area contributed by atoms with Gasteiger partial charge in [-0.25, -0.2) is 0 Å². The van der Waals surface area contributed by atoms with Crippen LogP contribution in [0, 0.1) is 5.92 Å². The molecule has 4 N–H and O–H groups in total. The van der Waals surface area contributed by atoms with E-state index < -0.39 is 35.7 Å². The topological polar surface area (TPSA) is 166 Å². The zero-order chi connectivity index (χ0) is 38.9. The van der Waals surface area contributed by atoms with Gasteiger partial charge in [-0.3, -0.25) is 28.9 Å². The Bertz CT molecular complexity index is 2010. The van der Waals surface area contributed by atoms with Crippen molar-refractivity contribution in [3.8, 4) is 0 Å². The number of para-hydroxylation sites is 4. The molecule has 0 bridgehead atoms. The van der Waals surface area contributed by atoms with Gasteiger partial charge in [-0.1, -0.05) is 74.0 Å². The predicted molar refractivity (Wildman–Crippen MR) is 211 cm³/mol. The number of oxazole rings is 1. The number of anilines is 3. The van der Waals surface area contributed by atoms with E-state index >= 15 is 0 Å². The normalized spacial score (nSPS) is 19.5. The molecular formula is C41H46ClN7O6. The fraction of sp³-hybridized carbons (Fsp3) is 0.366. The fourth-order valence-corrected chi connectivity index (χ4v) is 6.84. The van der Waals surface area contributed by atoms with Crippen molar-refractivity contribution >= 4 is 69.5 Å². The van der Waals surface area contributed by atoms with Crippen LogP contribution in [0.25, 0.3) is 11.1 Å². The third-order valence-corrected chi connectivity index (χ3v) is 10.0. The summed E-state index contributed by atoms with van der Waals surface area (Å²) in [4.78, 5) is 76.5. The second-order valence-electron chi connectivity index (χ2n) is 14.2. The summed E-state index contributed by atoms with van der Waals surface area (Å²) in [7, 11) is 0. The molecule has 0 spiro atoms. The van der Waals surface area contributed by atoms with Gasteiger partial charge in [0.15, 0.2) is 5.58 Å². The average Bonchev–Trinajstić information content (AvgIpc) is 3.59. The molecular weight excluding hydrogens is 722 g/mol. The van der Waals surface area contributed by atoms with E-state index in [1.54, 1.807) is 53.4 Å². The Hall–Kier alpha value is -5.53. The van der Waals surface area contributed by atoms with Gasteiger partial charge in [-0.2, -0.15) is 4.98 Å². The first-order chi connectivity index (χ1) is 26.5. The number of nitrogens with zero attached hydrogens (tertiary/aromatic N) is 3. The third-order valence-electron chi connectivity index (χ3n) is 9.78. The van der Waals surface area contributed by atoms with Crippen LogP contribution >= 0.6 is 11.6 Å². The molecule has 0 radical (unpaired) electrons. The van der Waals surface area contributed by atoms with Crippen LogP contribution in [0.1, 0.15) is 51.5 Å². The maximum Gasteiger partial charge on any atom is 0.296 e. The summed E-state index contributed by atoms with van der Waals surface area (Å²) in [5, 5.41) is 12.1. The number of Topliss-reactive ketones (excluding diaryl/α,β-unsaturated/α-hetero) is 1. The predicted octanol–water partition coefficient (Wildman–Crippen LogP) is 5.78. The maximum atomic E-state index is 14.4. The lowest BCUT2D eigenvalue weighted by Crippen LogP contribution is -2.63. The van der Waals surface area contributed by atoms with Crippen LogP contribution < -0.4 is 21.3 Å². The molecule has 1 fully saturated rings. The van der Waals surface area contributed by atoms with E-state index in [1.165, 1.54) is 0 Å². The van der Waals surface area contributed by atoms with Crippen molar-refractivity contribution in [2.45, 2.75) is 70.6 Å². The summed E-state index contributed by atoms with van der Waals surface area (Å²) in [6.45, 7) is 4.97. The molecule has 3 aromatic carbocycles. The van der Waals surface area contributed by atoms with Crippen molar-refractivity contribution in [1.29, 1.82) is 0 Å². The van der Waals surface area contributed by atoms with Crippen molar-refractivity contribution in [1.82, 2.24) is 20.1 Å². The third kappa shape index (κ3) is 10.2. The molecule has 2 aliphatic rings. The Morgan fingerprint density at radius 2 is 1.65 bits per heavy atom. The second-order valence-corrected chi connectivity index (χ2v) is 14.6. The number of benzene rings is 3. The van der Waals surface area contributed by atoms with E-state index in [1.807, 2.05) is 55.2 Å². The first-order valence-electron chi connectivity index (χ1n) is 18.6. The Balaban J connectivity index is 1.23. The number of aromatic nitrogens is 1. The molecule has 3 heterocycles. The summed E-state index contributed by atoms with van der Waals surface area (Å²) in [6, 6.07) is 18.8. The number of nitrogens with one attached hydrogen (secondary N) is 4. The largest absolute Gasteiger partial charge is 0.424 e. The lowest BCUT2D eigenvalue weighted by Gasteiger charge is -2.42. The summed E-state index contributed by atoms with van der Waals surface area (Å²) < 4.78 is 5.87. The quantitative estimate of drug-likeness (QED) is 0.128. The van der Waals surface area contributed by atoms with Crippen molar-refractivity contribution in [3.63, 3.8) is 0 Å². The van der Waals surface area contributed by atoms with Gasteiger partial charge in [0.1, 0.15) is 23.6 Å². The molecule has 0 aliphatic carbocycles. The number of carbonyl (C=O) groups is 5. The minimum Gasteiger partial charge on any atom is -0.424 e. The molecule has 1 unspecified atom stereocenters. The highest BCUT2D eigenvalue weighted by Crippen LogP contribution is 2.25. The summed E-state index contributed by atoms with van der Waals surface area (Å²) in [6.07, 6.45) is 6.12. The number of rotatable bonds is 8. The Morgan fingerprint density at radius 1 is 0.927 bits per heavy atom. The van der Waals surface area contributed by atoms with Crippen LogP contribution in [-0.4, -0.2) is 82.0 Å². The van der Waals surface area contributed by atoms with Crippen molar-refractivity contribution in [2.24, 2.45) is 5.92 Å². The lowest BCUT2D eigenvalue weighted by atomic mass is 10.0. The number of carbonyl (C=O) groups excluding carboxylic acids is 5. The van der Waals surface area contributed by atoms with Gasteiger partial charge >= 0.3 is 0 Å². The van der Waals surface area contributed by atoms with Gasteiger partial charge in [-0.05, 0) is 73.6 Å². The van der Waals surface area contributed by atoms with E-state index in [9.17, 15) is 24.0 Å². The molecule has 4 amide bonds. The Labute approximate surface area is 324 Å². The van der Waals surface area contributed by atoms with Gasteiger partial charge < -0.3 is 30.6 Å². The SMILES string of the molecule is CC(C)C(Nc1nc2ccccc2o1)C(=O)N1CCN(Cc2ccc(Cl)cc2)[C@@H](C(=O)N[C@@H]2CC=CCCCCC(=O)Nc3ccccc3NC(=O)C2=O)C1. The van der Waals surface area contributed by atoms with Crippen LogP contribution in [0.15, 0.2) is 89.4 Å². The minimum atomic E-state index is -1.19. The number of piperazine rings is 1. The average molecular weight is 768 g/mol. The van der Waals surface area contributed by atoms with Gasteiger partial charge in [0.25, 0.3) is 11.9 Å². The number of halogens is 1. The standard InChI is InChI=1S/C41H46ClN7O6/c1-26(2)36(47-41-46-31-14-10-11-16-34(31)55-41)40(54)49-23-22-48(24-27-18-20-28(42)21-19-27)33(25-49)38(52)45-32-15-6-4-3-5-7-17-35(50)43-29-12-8-9-13-30(29)44-39(53)37(32)51/h4,6,8-14,16,18-21,26,32-33,36H,3,5,7,15,17,22-25H2,1-2H3,(H,43,50)(H,44,53)(H,45,52)(H,46,47)/t32-,33-,36?/m1/s1. The smallest absolute Gasteiger partial charge is 0.296 e. The highest BCUT2D eigenvalue weighted by atomic mass is 35.5. The van der Waals surface area contributed by atoms with Crippen LogP contribution in [0.5, 0.6) is 0 Å². The summed E-state index contributed by atoms with van der Waals surface area (Å²) in [5.41, 5.74) is 2.81. The van der Waals surface area contributed by atoms with E-state index in [2.05, 4.69) is 26.3 Å². The van der Waals surface area contributed by atoms with E-state index in [0.29, 0.717) is 60.7 Å². The highest BCUT2D eigenvalue weighted by Gasteiger charge is 2.39. The van der Waals surface area contributed by atoms with Gasteiger partial charge in [0.05, 0.1) is 11.4 Å². The van der Waals surface area contributed by atoms with Crippen LogP contribution in [0.3, 0.4) is 0 Å². The number of amides is 4.